The van der Waals surface area contributed by atoms with Crippen LogP contribution in [0.2, 0.25) is 5.02 Å². The quantitative estimate of drug-likeness (QED) is 0.270. The second-order valence-corrected chi connectivity index (χ2v) is 7.33. The van der Waals surface area contributed by atoms with Crippen LogP contribution in [-0.2, 0) is 9.59 Å². The van der Waals surface area contributed by atoms with E-state index in [0.29, 0.717) is 11.3 Å². The Balaban J connectivity index is 1.68. The molecule has 0 aliphatic carbocycles. The molecular formula is C22H14ClN3O6. The molecule has 9 nitrogen and oxygen atoms in total. The minimum Gasteiger partial charge on any atom is -0.457 e. The maximum Gasteiger partial charge on any atom is 0.335 e. The van der Waals surface area contributed by atoms with Gasteiger partial charge in [0.1, 0.15) is 22.1 Å². The number of imide groups is 2. The fourth-order valence-electron chi connectivity index (χ4n) is 3.19. The third-order valence-electron chi connectivity index (χ3n) is 4.70. The van der Waals surface area contributed by atoms with E-state index in [-0.39, 0.29) is 27.8 Å². The maximum absolute atomic E-state index is 12.9. The van der Waals surface area contributed by atoms with Crippen LogP contribution in [0.15, 0.2) is 64.6 Å². The summed E-state index contributed by atoms with van der Waals surface area (Å²) in [5.41, 5.74) is 0.961. The largest absolute Gasteiger partial charge is 0.457 e. The Bertz CT molecular complexity index is 1330. The van der Waals surface area contributed by atoms with E-state index in [1.54, 1.807) is 24.3 Å². The van der Waals surface area contributed by atoms with Crippen molar-refractivity contribution in [3.8, 4) is 11.3 Å². The molecule has 0 unspecified atom stereocenters. The first kappa shape index (κ1) is 21.0. The van der Waals surface area contributed by atoms with Crippen LogP contribution in [-0.4, -0.2) is 22.8 Å². The fourth-order valence-corrected chi connectivity index (χ4v) is 3.38. The number of nitrogens with one attached hydrogen (secondary N) is 1. The second kappa shape index (κ2) is 8.12. The van der Waals surface area contributed by atoms with Crippen LogP contribution >= 0.6 is 11.6 Å². The van der Waals surface area contributed by atoms with E-state index in [4.69, 9.17) is 16.0 Å². The molecule has 4 rings (SSSR count). The first-order valence-electron chi connectivity index (χ1n) is 9.27. The van der Waals surface area contributed by atoms with Gasteiger partial charge in [-0.05, 0) is 55.0 Å². The lowest BCUT2D eigenvalue weighted by Crippen LogP contribution is -2.54. The molecular weight excluding hydrogens is 438 g/mol. The number of nitrogens with zero attached hydrogens (tertiary/aromatic N) is 2. The lowest BCUT2D eigenvalue weighted by atomic mass is 10.1. The molecule has 160 valence electrons. The smallest absolute Gasteiger partial charge is 0.335 e. The number of aryl methyl sites for hydroxylation is 1. The van der Waals surface area contributed by atoms with Gasteiger partial charge in [0.05, 0.1) is 10.6 Å². The number of hydrogen-bond acceptors (Lipinski definition) is 6. The summed E-state index contributed by atoms with van der Waals surface area (Å²) in [6.45, 7) is 1.81. The van der Waals surface area contributed by atoms with Gasteiger partial charge < -0.3 is 4.42 Å². The van der Waals surface area contributed by atoms with Crippen molar-refractivity contribution in [3.05, 3.63) is 86.6 Å². The molecule has 1 N–H and O–H groups in total. The molecule has 0 bridgehead atoms. The Labute approximate surface area is 186 Å². The Hall–Kier alpha value is -4.24. The second-order valence-electron chi connectivity index (χ2n) is 6.92. The van der Waals surface area contributed by atoms with Crippen molar-refractivity contribution in [3.63, 3.8) is 0 Å². The number of nitro groups is 1. The van der Waals surface area contributed by atoms with Crippen LogP contribution in [0.25, 0.3) is 17.4 Å². The number of nitro benzene ring substituents is 1. The highest BCUT2D eigenvalue weighted by Gasteiger charge is 2.37. The molecule has 2 heterocycles. The third kappa shape index (κ3) is 3.88. The number of barbiturate groups is 1. The lowest BCUT2D eigenvalue weighted by molar-refractivity contribution is -0.384. The molecule has 0 spiro atoms. The van der Waals surface area contributed by atoms with Crippen molar-refractivity contribution in [2.24, 2.45) is 0 Å². The van der Waals surface area contributed by atoms with Crippen LogP contribution < -0.4 is 10.2 Å². The Morgan fingerprint density at radius 1 is 1.09 bits per heavy atom. The highest BCUT2D eigenvalue weighted by atomic mass is 35.5. The van der Waals surface area contributed by atoms with Crippen LogP contribution in [0.3, 0.4) is 0 Å². The van der Waals surface area contributed by atoms with Crippen molar-refractivity contribution in [2.75, 3.05) is 4.90 Å². The summed E-state index contributed by atoms with van der Waals surface area (Å²) in [5, 5.41) is 13.2. The normalized spacial score (nSPS) is 15.2. The topological polar surface area (TPSA) is 123 Å². The Morgan fingerprint density at radius 2 is 1.88 bits per heavy atom. The van der Waals surface area contributed by atoms with Gasteiger partial charge in [0.25, 0.3) is 17.5 Å². The van der Waals surface area contributed by atoms with E-state index in [0.717, 1.165) is 10.5 Å². The van der Waals surface area contributed by atoms with Gasteiger partial charge >= 0.3 is 6.03 Å². The van der Waals surface area contributed by atoms with Crippen LogP contribution in [0, 0.1) is 17.0 Å². The average Bonchev–Trinajstić information content (AvgIpc) is 3.20. The highest BCUT2D eigenvalue weighted by Crippen LogP contribution is 2.32. The summed E-state index contributed by atoms with van der Waals surface area (Å²) in [4.78, 5) is 48.9. The number of urea groups is 1. The monoisotopic (exact) mass is 451 g/mol. The Morgan fingerprint density at radius 3 is 2.59 bits per heavy atom. The predicted octanol–water partition coefficient (Wildman–Crippen LogP) is 4.48. The zero-order chi connectivity index (χ0) is 23.0. The number of hydrogen-bond donors (Lipinski definition) is 1. The van der Waals surface area contributed by atoms with E-state index >= 15 is 0 Å². The molecule has 2 aromatic carbocycles. The van der Waals surface area contributed by atoms with Gasteiger partial charge in [-0.15, -0.1) is 0 Å². The van der Waals surface area contributed by atoms with Gasteiger partial charge in [0.15, 0.2) is 0 Å². The van der Waals surface area contributed by atoms with Gasteiger partial charge in [-0.2, -0.15) is 0 Å². The summed E-state index contributed by atoms with van der Waals surface area (Å²) in [5.74, 6) is -1.24. The molecule has 0 atom stereocenters. The molecule has 1 saturated heterocycles. The summed E-state index contributed by atoms with van der Waals surface area (Å²) >= 11 is 5.83. The van der Waals surface area contributed by atoms with Gasteiger partial charge in [0.2, 0.25) is 0 Å². The lowest BCUT2D eigenvalue weighted by Gasteiger charge is -2.26. The molecule has 0 saturated carbocycles. The maximum atomic E-state index is 12.9. The third-order valence-corrected chi connectivity index (χ3v) is 5.02. The molecule has 1 aliphatic heterocycles. The molecule has 0 radical (unpaired) electrons. The van der Waals surface area contributed by atoms with Crippen molar-refractivity contribution < 1.29 is 23.7 Å². The number of carbonyl (C=O) groups excluding carboxylic acids is 3. The zero-order valence-electron chi connectivity index (χ0n) is 16.5. The summed E-state index contributed by atoms with van der Waals surface area (Å²) < 4.78 is 5.65. The minimum atomic E-state index is -0.857. The van der Waals surface area contributed by atoms with E-state index in [1.165, 1.54) is 30.3 Å². The van der Waals surface area contributed by atoms with Crippen molar-refractivity contribution >= 4 is 46.9 Å². The van der Waals surface area contributed by atoms with Gasteiger partial charge in [-0.3, -0.25) is 25.0 Å². The minimum absolute atomic E-state index is 0.0157. The number of halogens is 1. The highest BCUT2D eigenvalue weighted by molar-refractivity contribution is 6.39. The van der Waals surface area contributed by atoms with Crippen molar-refractivity contribution in [1.29, 1.82) is 0 Å². The number of anilines is 1. The van der Waals surface area contributed by atoms with Crippen molar-refractivity contribution in [1.82, 2.24) is 5.32 Å². The van der Waals surface area contributed by atoms with Gasteiger partial charge in [0, 0.05) is 11.6 Å². The fraction of sp³-hybridized carbons (Fsp3) is 0.0455. The van der Waals surface area contributed by atoms with E-state index in [1.807, 2.05) is 13.0 Å². The average molecular weight is 452 g/mol. The first-order chi connectivity index (χ1) is 15.2. The molecule has 1 fully saturated rings. The Kier molecular flexibility index (Phi) is 5.33. The van der Waals surface area contributed by atoms with Crippen LogP contribution in [0.5, 0.6) is 0 Å². The molecule has 10 heteroatoms. The first-order valence-corrected chi connectivity index (χ1v) is 9.64. The molecule has 32 heavy (non-hydrogen) atoms. The van der Waals surface area contributed by atoms with Crippen LogP contribution in [0.1, 0.15) is 11.3 Å². The van der Waals surface area contributed by atoms with Gasteiger partial charge in [-0.1, -0.05) is 23.7 Å². The predicted molar refractivity (Wildman–Crippen MR) is 116 cm³/mol. The van der Waals surface area contributed by atoms with E-state index < -0.39 is 22.8 Å². The summed E-state index contributed by atoms with van der Waals surface area (Å²) in [7, 11) is 0. The molecule has 1 aromatic heterocycles. The number of furan rings is 1. The summed E-state index contributed by atoms with van der Waals surface area (Å²) in [6, 6.07) is 13.1. The number of benzene rings is 2. The molecule has 4 amide bonds. The van der Waals surface area contributed by atoms with E-state index in [9.17, 15) is 24.5 Å². The van der Waals surface area contributed by atoms with Gasteiger partial charge in [-0.25, -0.2) is 9.69 Å². The van der Waals surface area contributed by atoms with Crippen molar-refractivity contribution in [2.45, 2.75) is 6.92 Å². The van der Waals surface area contributed by atoms with E-state index in [2.05, 4.69) is 5.32 Å². The SMILES string of the molecule is Cc1cccc(N2C(=O)NC(=O)/C(=C/c3ccc(-c4ccc(Cl)c([N+](=O)[O-])c4)o3)C2=O)c1. The number of rotatable bonds is 4. The standard InChI is InChI=1S/C22H14ClN3O6/c1-12-3-2-4-14(9-12)25-21(28)16(20(27)24-22(25)29)11-15-6-8-19(32-15)13-5-7-17(23)18(10-13)26(30)31/h2-11H,1H3,(H,24,27,29)/b16-11-. The number of amides is 4. The molecule has 1 aliphatic rings. The molecule has 3 aromatic rings. The number of carbonyl (C=O) groups is 3. The summed E-state index contributed by atoms with van der Waals surface area (Å²) in [6.07, 6.45) is 1.21. The zero-order valence-corrected chi connectivity index (χ0v) is 17.3. The van der Waals surface area contributed by atoms with Crippen LogP contribution in [0.4, 0.5) is 16.2 Å².